The van der Waals surface area contributed by atoms with Gasteiger partial charge >= 0.3 is 0 Å². The van der Waals surface area contributed by atoms with Gasteiger partial charge in [-0.3, -0.25) is 14.8 Å². The second-order valence-electron chi connectivity index (χ2n) is 8.07. The average Bonchev–Trinajstić information content (AvgIpc) is 2.67. The van der Waals surface area contributed by atoms with Crippen molar-refractivity contribution in [2.75, 3.05) is 5.75 Å². The molecule has 2 heterocycles. The van der Waals surface area contributed by atoms with Crippen LogP contribution in [0.4, 0.5) is 4.39 Å². The Balaban J connectivity index is 1.99. The van der Waals surface area contributed by atoms with Crippen LogP contribution >= 0.6 is 0 Å². The van der Waals surface area contributed by atoms with Crippen LogP contribution in [-0.2, 0) is 21.8 Å². The number of ketones is 1. The molecule has 1 aliphatic rings. The minimum Gasteiger partial charge on any atom is -0.386 e. The highest BCUT2D eigenvalue weighted by atomic mass is 32.2. The van der Waals surface area contributed by atoms with Gasteiger partial charge in [0, 0.05) is 18.2 Å². The number of benzene rings is 1. The third-order valence-corrected chi connectivity index (χ3v) is 8.60. The summed E-state index contributed by atoms with van der Waals surface area (Å²) in [5.41, 5.74) is 6.18. The van der Waals surface area contributed by atoms with Crippen LogP contribution in [0.3, 0.4) is 0 Å². The van der Waals surface area contributed by atoms with Gasteiger partial charge in [-0.2, -0.15) is 0 Å². The number of aliphatic imine (C=N–C) groups is 1. The van der Waals surface area contributed by atoms with E-state index in [2.05, 4.69) is 15.0 Å². The fourth-order valence-electron chi connectivity index (χ4n) is 3.55. The summed E-state index contributed by atoms with van der Waals surface area (Å²) in [4.78, 5) is 25.1. The molecule has 0 fully saturated rings. The van der Waals surface area contributed by atoms with Gasteiger partial charge < -0.3 is 5.73 Å². The number of aromatic nitrogens is 2. The SMILES string of the molecule is CC[C@]1(C)C(N)=N[C@](C)(c2cc(CC(=O)c3cnc(C)cn3)ccc2F)CS1(=O)=O. The van der Waals surface area contributed by atoms with E-state index < -0.39 is 25.9 Å². The van der Waals surface area contributed by atoms with Crippen molar-refractivity contribution >= 4 is 21.5 Å². The van der Waals surface area contributed by atoms with Gasteiger partial charge in [0.15, 0.2) is 15.6 Å². The zero-order valence-corrected chi connectivity index (χ0v) is 18.3. The molecule has 0 saturated carbocycles. The van der Waals surface area contributed by atoms with E-state index in [9.17, 15) is 17.6 Å². The maximum absolute atomic E-state index is 14.7. The summed E-state index contributed by atoms with van der Waals surface area (Å²) in [5.74, 6) is -1.28. The number of carbonyl (C=O) groups excluding carboxylic acids is 1. The largest absolute Gasteiger partial charge is 0.386 e. The maximum atomic E-state index is 14.7. The molecule has 160 valence electrons. The van der Waals surface area contributed by atoms with Crippen molar-refractivity contribution in [1.82, 2.24) is 9.97 Å². The molecule has 3 rings (SSSR count). The highest BCUT2D eigenvalue weighted by molar-refractivity contribution is 7.93. The molecule has 1 aromatic heterocycles. The van der Waals surface area contributed by atoms with Gasteiger partial charge in [-0.25, -0.2) is 17.8 Å². The van der Waals surface area contributed by atoms with Crippen molar-refractivity contribution in [3.8, 4) is 0 Å². The third-order valence-electron chi connectivity index (χ3n) is 5.78. The highest BCUT2D eigenvalue weighted by Gasteiger charge is 2.51. The second kappa shape index (κ2) is 7.54. The number of carbonyl (C=O) groups is 1. The highest BCUT2D eigenvalue weighted by Crippen LogP contribution is 2.39. The molecule has 0 spiro atoms. The molecule has 0 amide bonds. The smallest absolute Gasteiger partial charge is 0.187 e. The van der Waals surface area contributed by atoms with E-state index >= 15 is 0 Å². The summed E-state index contributed by atoms with van der Waals surface area (Å²) in [6.07, 6.45) is 3.14. The lowest BCUT2D eigenvalue weighted by Gasteiger charge is -2.39. The molecule has 1 aromatic carbocycles. The number of amidine groups is 1. The van der Waals surface area contributed by atoms with Crippen molar-refractivity contribution in [3.63, 3.8) is 0 Å². The normalized spacial score (nSPS) is 25.6. The molecule has 7 nitrogen and oxygen atoms in total. The Bertz CT molecular complexity index is 1130. The fourth-order valence-corrected chi connectivity index (χ4v) is 5.63. The maximum Gasteiger partial charge on any atom is 0.187 e. The van der Waals surface area contributed by atoms with Crippen molar-refractivity contribution in [2.45, 2.75) is 50.8 Å². The first-order valence-corrected chi connectivity index (χ1v) is 11.3. The van der Waals surface area contributed by atoms with Crippen LogP contribution in [0.1, 0.15) is 54.5 Å². The minimum atomic E-state index is -3.69. The Labute approximate surface area is 175 Å². The molecule has 0 radical (unpaired) electrons. The van der Waals surface area contributed by atoms with Crippen molar-refractivity contribution in [1.29, 1.82) is 0 Å². The first-order chi connectivity index (χ1) is 13.9. The van der Waals surface area contributed by atoms with E-state index in [1.165, 1.54) is 37.5 Å². The topological polar surface area (TPSA) is 115 Å². The van der Waals surface area contributed by atoms with Crippen LogP contribution in [0, 0.1) is 12.7 Å². The number of hydrogen-bond donors (Lipinski definition) is 1. The summed E-state index contributed by atoms with van der Waals surface area (Å²) in [6, 6.07) is 4.19. The molecular weight excluding hydrogens is 407 g/mol. The van der Waals surface area contributed by atoms with Gasteiger partial charge in [0.05, 0.1) is 17.6 Å². The van der Waals surface area contributed by atoms with Gasteiger partial charge in [0.1, 0.15) is 27.6 Å². The third kappa shape index (κ3) is 3.74. The molecule has 2 N–H and O–H groups in total. The van der Waals surface area contributed by atoms with Gasteiger partial charge in [-0.05, 0) is 44.9 Å². The summed E-state index contributed by atoms with van der Waals surface area (Å²) in [5, 5.41) is 0. The number of rotatable bonds is 5. The molecule has 9 heteroatoms. The Morgan fingerprint density at radius 1 is 1.23 bits per heavy atom. The molecule has 0 saturated heterocycles. The number of aryl methyl sites for hydroxylation is 1. The molecule has 2 atom stereocenters. The van der Waals surface area contributed by atoms with Gasteiger partial charge in [0.2, 0.25) is 0 Å². The van der Waals surface area contributed by atoms with Crippen molar-refractivity contribution in [2.24, 2.45) is 10.7 Å². The van der Waals surface area contributed by atoms with Gasteiger partial charge in [-0.15, -0.1) is 0 Å². The molecule has 0 aliphatic carbocycles. The molecule has 30 heavy (non-hydrogen) atoms. The van der Waals surface area contributed by atoms with E-state index in [-0.39, 0.29) is 41.5 Å². The van der Waals surface area contributed by atoms with E-state index in [4.69, 9.17) is 5.73 Å². The summed E-state index contributed by atoms with van der Waals surface area (Å²) in [7, 11) is -3.69. The molecule has 0 unspecified atom stereocenters. The van der Waals surface area contributed by atoms with Crippen LogP contribution in [-0.4, -0.2) is 40.5 Å². The standard InChI is InChI=1S/C21H25FN4O3S/c1-5-21(4)19(23)26-20(3,12-30(21,28)29)15-8-14(6-7-16(15)22)9-18(27)17-11-24-13(2)10-25-17/h6-8,10-11H,5,9,12H2,1-4H3,(H2,23,26)/t20-,21+/m0/s1. The van der Waals surface area contributed by atoms with Crippen molar-refractivity contribution in [3.05, 3.63) is 58.9 Å². The quantitative estimate of drug-likeness (QED) is 0.726. The lowest BCUT2D eigenvalue weighted by Crippen LogP contribution is -2.56. The van der Waals surface area contributed by atoms with E-state index in [0.717, 1.165) is 0 Å². The van der Waals surface area contributed by atoms with Gasteiger partial charge in [0.25, 0.3) is 0 Å². The van der Waals surface area contributed by atoms with E-state index in [0.29, 0.717) is 11.3 Å². The Morgan fingerprint density at radius 2 is 1.93 bits per heavy atom. The Morgan fingerprint density at radius 3 is 2.50 bits per heavy atom. The van der Waals surface area contributed by atoms with Crippen LogP contribution in [0.5, 0.6) is 0 Å². The van der Waals surface area contributed by atoms with E-state index in [1.807, 2.05) is 0 Å². The minimum absolute atomic E-state index is 0.0281. The zero-order valence-electron chi connectivity index (χ0n) is 17.4. The molecule has 2 aromatic rings. The number of Topliss-reactive ketones (excluding diaryl/α,β-unsaturated/α-hetero) is 1. The average molecular weight is 433 g/mol. The Kier molecular flexibility index (Phi) is 5.53. The monoisotopic (exact) mass is 432 g/mol. The summed E-state index contributed by atoms with van der Waals surface area (Å²) >= 11 is 0. The lowest BCUT2D eigenvalue weighted by atomic mass is 9.90. The number of nitrogens with zero attached hydrogens (tertiary/aromatic N) is 3. The first-order valence-electron chi connectivity index (χ1n) is 9.61. The number of nitrogens with two attached hydrogens (primary N) is 1. The van der Waals surface area contributed by atoms with Crippen molar-refractivity contribution < 1.29 is 17.6 Å². The van der Waals surface area contributed by atoms with E-state index in [1.54, 1.807) is 20.8 Å². The fraction of sp³-hybridized carbons (Fsp3) is 0.429. The van der Waals surface area contributed by atoms with Crippen LogP contribution in [0.25, 0.3) is 0 Å². The van der Waals surface area contributed by atoms with Crippen LogP contribution in [0.2, 0.25) is 0 Å². The lowest BCUT2D eigenvalue weighted by molar-refractivity contribution is 0.0987. The summed E-state index contributed by atoms with van der Waals surface area (Å²) < 4.78 is 39.4. The number of halogens is 1. The predicted molar refractivity (Wildman–Crippen MR) is 113 cm³/mol. The number of hydrogen-bond acceptors (Lipinski definition) is 7. The number of sulfone groups is 1. The second-order valence-corrected chi connectivity index (χ2v) is 10.5. The molecular formula is C21H25FN4O3S. The Hall–Kier alpha value is -2.68. The van der Waals surface area contributed by atoms with Crippen LogP contribution < -0.4 is 5.73 Å². The predicted octanol–water partition coefficient (Wildman–Crippen LogP) is 2.52. The summed E-state index contributed by atoms with van der Waals surface area (Å²) in [6.45, 7) is 6.57. The molecule has 0 bridgehead atoms. The molecule has 1 aliphatic heterocycles. The zero-order chi connectivity index (χ0) is 22.3. The van der Waals surface area contributed by atoms with Crippen LogP contribution in [0.15, 0.2) is 35.6 Å². The van der Waals surface area contributed by atoms with Gasteiger partial charge in [-0.1, -0.05) is 13.0 Å². The first kappa shape index (κ1) is 22.0.